The first-order valence-corrected chi connectivity index (χ1v) is 6.72. The molecule has 5 heteroatoms. The molecule has 1 aromatic carbocycles. The summed E-state index contributed by atoms with van der Waals surface area (Å²) >= 11 is 0. The van der Waals surface area contributed by atoms with Crippen LogP contribution in [0.4, 0.5) is 0 Å². The summed E-state index contributed by atoms with van der Waals surface area (Å²) in [5.41, 5.74) is 2.64. The lowest BCUT2D eigenvalue weighted by atomic mass is 10.2. The maximum Gasteiger partial charge on any atom is 0.254 e. The van der Waals surface area contributed by atoms with E-state index in [1.165, 1.54) is 0 Å². The minimum atomic E-state index is -0.0375. The number of pyridine rings is 1. The van der Waals surface area contributed by atoms with Crippen molar-refractivity contribution in [1.29, 1.82) is 0 Å². The Morgan fingerprint density at radius 3 is 2.62 bits per heavy atom. The Bertz CT molecular complexity index is 779. The van der Waals surface area contributed by atoms with Crippen LogP contribution in [0.2, 0.25) is 0 Å². The van der Waals surface area contributed by atoms with Crippen molar-refractivity contribution >= 4 is 16.9 Å². The lowest BCUT2D eigenvalue weighted by molar-refractivity contribution is 0.0780. The molecule has 0 fully saturated rings. The molecule has 2 heterocycles. The van der Waals surface area contributed by atoms with Crippen molar-refractivity contribution in [3.05, 3.63) is 60.2 Å². The quantitative estimate of drug-likeness (QED) is 0.739. The molecule has 0 unspecified atom stereocenters. The highest BCUT2D eigenvalue weighted by molar-refractivity contribution is 5.93. The van der Waals surface area contributed by atoms with Crippen LogP contribution in [0.15, 0.2) is 48.8 Å². The molecule has 0 saturated heterocycles. The number of nitrogens with zero attached hydrogens (tertiary/aromatic N) is 4. The van der Waals surface area contributed by atoms with E-state index in [1.807, 2.05) is 35.9 Å². The Hall–Kier alpha value is -2.69. The number of rotatable bonds is 3. The fourth-order valence-electron chi connectivity index (χ4n) is 2.34. The van der Waals surface area contributed by atoms with Gasteiger partial charge >= 0.3 is 0 Å². The third kappa shape index (κ3) is 2.50. The predicted molar refractivity (Wildman–Crippen MR) is 80.7 cm³/mol. The number of carbonyl (C=O) groups excluding carboxylic acids is 1. The number of aryl methyl sites for hydroxylation is 1. The Labute approximate surface area is 122 Å². The Balaban J connectivity index is 1.85. The van der Waals surface area contributed by atoms with Crippen LogP contribution in [-0.4, -0.2) is 32.4 Å². The predicted octanol–water partition coefficient (Wildman–Crippen LogP) is 2.24. The molecule has 0 spiro atoms. The van der Waals surface area contributed by atoms with Gasteiger partial charge in [-0.3, -0.25) is 9.78 Å². The summed E-state index contributed by atoms with van der Waals surface area (Å²) in [5, 5.41) is 0. The summed E-state index contributed by atoms with van der Waals surface area (Å²) in [7, 11) is 3.75. The van der Waals surface area contributed by atoms with Crippen molar-refractivity contribution in [3.63, 3.8) is 0 Å². The average molecular weight is 280 g/mol. The van der Waals surface area contributed by atoms with Gasteiger partial charge in [-0.05, 0) is 24.3 Å². The van der Waals surface area contributed by atoms with Gasteiger partial charge in [0.2, 0.25) is 0 Å². The lowest BCUT2D eigenvalue weighted by Gasteiger charge is -2.16. The minimum Gasteiger partial charge on any atom is -0.334 e. The number of carbonyl (C=O) groups is 1. The largest absolute Gasteiger partial charge is 0.334 e. The molecule has 0 radical (unpaired) electrons. The van der Waals surface area contributed by atoms with Crippen molar-refractivity contribution in [1.82, 2.24) is 19.4 Å². The Kier molecular flexibility index (Phi) is 3.39. The SMILES string of the molecule is CN(Cc1nc2ccccc2n1C)C(=O)c1ccncc1. The van der Waals surface area contributed by atoms with Gasteiger partial charge in [-0.25, -0.2) is 4.98 Å². The van der Waals surface area contributed by atoms with Crippen LogP contribution in [-0.2, 0) is 13.6 Å². The summed E-state index contributed by atoms with van der Waals surface area (Å²) in [5.74, 6) is 0.825. The summed E-state index contributed by atoms with van der Waals surface area (Å²) in [4.78, 5) is 22.5. The van der Waals surface area contributed by atoms with Gasteiger partial charge in [-0.15, -0.1) is 0 Å². The van der Waals surface area contributed by atoms with E-state index in [9.17, 15) is 4.79 Å². The van der Waals surface area contributed by atoms with Crippen LogP contribution in [0.5, 0.6) is 0 Å². The maximum absolute atomic E-state index is 12.3. The van der Waals surface area contributed by atoms with Crippen LogP contribution in [0, 0.1) is 0 Å². The first kappa shape index (κ1) is 13.3. The number of hydrogen-bond donors (Lipinski definition) is 0. The van der Waals surface area contributed by atoms with Gasteiger partial charge < -0.3 is 9.47 Å². The summed E-state index contributed by atoms with van der Waals surface area (Å²) in [6.07, 6.45) is 3.24. The normalized spacial score (nSPS) is 10.8. The van der Waals surface area contributed by atoms with Crippen molar-refractivity contribution in [2.45, 2.75) is 6.54 Å². The fourth-order valence-corrected chi connectivity index (χ4v) is 2.34. The zero-order chi connectivity index (χ0) is 14.8. The summed E-state index contributed by atoms with van der Waals surface area (Å²) in [6, 6.07) is 11.4. The van der Waals surface area contributed by atoms with Gasteiger partial charge in [-0.1, -0.05) is 12.1 Å². The molecular weight excluding hydrogens is 264 g/mol. The van der Waals surface area contributed by atoms with Crippen molar-refractivity contribution in [2.75, 3.05) is 7.05 Å². The second kappa shape index (κ2) is 5.36. The molecule has 0 saturated carbocycles. The van der Waals surface area contributed by atoms with Crippen LogP contribution in [0.1, 0.15) is 16.2 Å². The molecule has 0 aliphatic rings. The number of hydrogen-bond acceptors (Lipinski definition) is 3. The number of para-hydroxylation sites is 2. The van der Waals surface area contributed by atoms with Crippen molar-refractivity contribution in [3.8, 4) is 0 Å². The van der Waals surface area contributed by atoms with Gasteiger partial charge in [0, 0.05) is 32.1 Å². The molecule has 1 amide bonds. The van der Waals surface area contributed by atoms with E-state index in [4.69, 9.17) is 0 Å². The molecule has 5 nitrogen and oxygen atoms in total. The fraction of sp³-hybridized carbons (Fsp3) is 0.188. The van der Waals surface area contributed by atoms with Crippen LogP contribution < -0.4 is 0 Å². The molecule has 0 aliphatic heterocycles. The number of fused-ring (bicyclic) bond motifs is 1. The first-order valence-electron chi connectivity index (χ1n) is 6.72. The monoisotopic (exact) mass is 280 g/mol. The Morgan fingerprint density at radius 2 is 1.90 bits per heavy atom. The van der Waals surface area contributed by atoms with Crippen LogP contribution in [0.25, 0.3) is 11.0 Å². The molecule has 21 heavy (non-hydrogen) atoms. The second-order valence-corrected chi connectivity index (χ2v) is 4.97. The number of imidazole rings is 1. The van der Waals surface area contributed by atoms with Gasteiger partial charge in [0.1, 0.15) is 5.82 Å². The van der Waals surface area contributed by atoms with E-state index in [0.717, 1.165) is 16.9 Å². The second-order valence-electron chi connectivity index (χ2n) is 4.97. The number of amides is 1. The van der Waals surface area contributed by atoms with Crippen molar-refractivity contribution in [2.24, 2.45) is 7.05 Å². The van der Waals surface area contributed by atoms with Gasteiger partial charge in [0.25, 0.3) is 5.91 Å². The standard InChI is InChI=1S/C16H16N4O/c1-19(16(21)12-7-9-17-10-8-12)11-15-18-13-5-3-4-6-14(13)20(15)2/h3-10H,11H2,1-2H3. The van der Waals surface area contributed by atoms with Crippen LogP contribution in [0.3, 0.4) is 0 Å². The molecule has 0 bridgehead atoms. The van der Waals surface area contributed by atoms with E-state index in [0.29, 0.717) is 12.1 Å². The summed E-state index contributed by atoms with van der Waals surface area (Å²) < 4.78 is 2.02. The molecular formula is C16H16N4O. The van der Waals surface area contributed by atoms with Crippen LogP contribution >= 0.6 is 0 Å². The lowest BCUT2D eigenvalue weighted by Crippen LogP contribution is -2.27. The molecule has 0 atom stereocenters. The third-order valence-corrected chi connectivity index (χ3v) is 3.53. The van der Waals surface area contributed by atoms with Gasteiger partial charge in [0.05, 0.1) is 17.6 Å². The maximum atomic E-state index is 12.3. The minimum absolute atomic E-state index is 0.0375. The molecule has 3 aromatic rings. The number of aromatic nitrogens is 3. The molecule has 0 aliphatic carbocycles. The highest BCUT2D eigenvalue weighted by Crippen LogP contribution is 2.15. The first-order chi connectivity index (χ1) is 10.2. The zero-order valence-corrected chi connectivity index (χ0v) is 12.0. The highest BCUT2D eigenvalue weighted by Gasteiger charge is 2.15. The molecule has 0 N–H and O–H groups in total. The zero-order valence-electron chi connectivity index (χ0n) is 12.0. The molecule has 106 valence electrons. The van der Waals surface area contributed by atoms with Gasteiger partial charge in [0.15, 0.2) is 0 Å². The van der Waals surface area contributed by atoms with Gasteiger partial charge in [-0.2, -0.15) is 0 Å². The van der Waals surface area contributed by atoms with E-state index >= 15 is 0 Å². The molecule has 2 aromatic heterocycles. The summed E-state index contributed by atoms with van der Waals surface area (Å²) in [6.45, 7) is 0.465. The van der Waals surface area contributed by atoms with E-state index in [2.05, 4.69) is 9.97 Å². The van der Waals surface area contributed by atoms with E-state index < -0.39 is 0 Å². The van der Waals surface area contributed by atoms with E-state index in [1.54, 1.807) is 36.5 Å². The molecule has 3 rings (SSSR count). The number of benzene rings is 1. The third-order valence-electron chi connectivity index (χ3n) is 3.53. The smallest absolute Gasteiger partial charge is 0.254 e. The van der Waals surface area contributed by atoms with Crippen molar-refractivity contribution < 1.29 is 4.79 Å². The van der Waals surface area contributed by atoms with E-state index in [-0.39, 0.29) is 5.91 Å². The highest BCUT2D eigenvalue weighted by atomic mass is 16.2. The topological polar surface area (TPSA) is 51.0 Å². The Morgan fingerprint density at radius 1 is 1.19 bits per heavy atom. The average Bonchev–Trinajstić information content (AvgIpc) is 2.84.